The summed E-state index contributed by atoms with van der Waals surface area (Å²) in [7, 11) is 0. The van der Waals surface area contributed by atoms with Crippen LogP contribution in [0.1, 0.15) is 12.8 Å². The summed E-state index contributed by atoms with van der Waals surface area (Å²) in [6.07, 6.45) is 1.66. The Morgan fingerprint density at radius 3 is 2.70 bits per heavy atom. The van der Waals surface area contributed by atoms with Gasteiger partial charge in [-0.25, -0.2) is 4.98 Å². The fourth-order valence-corrected chi connectivity index (χ4v) is 3.36. The van der Waals surface area contributed by atoms with Crippen LogP contribution in [0.25, 0.3) is 10.9 Å². The number of nitrogens with zero attached hydrogens (tertiary/aromatic N) is 3. The second kappa shape index (κ2) is 6.16. The van der Waals surface area contributed by atoms with Crippen molar-refractivity contribution in [3.8, 4) is 0 Å². The Hall–Kier alpha value is -2.14. The lowest BCUT2D eigenvalue weighted by Gasteiger charge is -2.36. The molecule has 0 N–H and O–H groups in total. The van der Waals surface area contributed by atoms with E-state index in [4.69, 9.17) is 9.72 Å². The van der Waals surface area contributed by atoms with Crippen molar-refractivity contribution in [2.75, 3.05) is 37.7 Å². The molecule has 1 atom stereocenters. The first-order valence-electron chi connectivity index (χ1n) is 8.32. The third-order valence-electron chi connectivity index (χ3n) is 4.70. The van der Waals surface area contributed by atoms with Crippen molar-refractivity contribution in [3.63, 3.8) is 0 Å². The van der Waals surface area contributed by atoms with Crippen molar-refractivity contribution >= 4 is 22.6 Å². The van der Waals surface area contributed by atoms with Crippen molar-refractivity contribution in [2.45, 2.75) is 18.9 Å². The zero-order valence-corrected chi connectivity index (χ0v) is 13.1. The van der Waals surface area contributed by atoms with Gasteiger partial charge in [0.15, 0.2) is 0 Å². The van der Waals surface area contributed by atoms with E-state index in [-0.39, 0.29) is 12.0 Å². The number of aromatic nitrogens is 1. The summed E-state index contributed by atoms with van der Waals surface area (Å²) in [4.78, 5) is 21.3. The summed E-state index contributed by atoms with van der Waals surface area (Å²) >= 11 is 0. The van der Waals surface area contributed by atoms with Crippen LogP contribution in [0.2, 0.25) is 0 Å². The number of pyridine rings is 1. The van der Waals surface area contributed by atoms with Crippen molar-refractivity contribution in [1.29, 1.82) is 0 Å². The molecule has 120 valence electrons. The van der Waals surface area contributed by atoms with Crippen LogP contribution in [0, 0.1) is 0 Å². The molecule has 1 aromatic heterocycles. The van der Waals surface area contributed by atoms with Gasteiger partial charge < -0.3 is 14.5 Å². The molecule has 2 aliphatic rings. The van der Waals surface area contributed by atoms with Gasteiger partial charge in [-0.05, 0) is 31.0 Å². The molecule has 0 saturated carbocycles. The van der Waals surface area contributed by atoms with Crippen LogP contribution in [0.3, 0.4) is 0 Å². The van der Waals surface area contributed by atoms with Gasteiger partial charge in [0.2, 0.25) is 0 Å². The Labute approximate surface area is 135 Å². The number of hydrogen-bond donors (Lipinski definition) is 0. The normalized spacial score (nSPS) is 21.8. The molecule has 4 rings (SSSR count). The first kappa shape index (κ1) is 14.5. The molecular formula is C18H21N3O2. The second-order valence-corrected chi connectivity index (χ2v) is 6.18. The number of rotatable bonds is 2. The van der Waals surface area contributed by atoms with Gasteiger partial charge in [-0.3, -0.25) is 4.79 Å². The molecule has 2 aromatic rings. The van der Waals surface area contributed by atoms with Gasteiger partial charge in [-0.2, -0.15) is 0 Å². The van der Waals surface area contributed by atoms with Crippen LogP contribution in [-0.2, 0) is 9.53 Å². The van der Waals surface area contributed by atoms with E-state index in [2.05, 4.69) is 23.1 Å². The lowest BCUT2D eigenvalue weighted by Crippen LogP contribution is -2.51. The number of anilines is 1. The second-order valence-electron chi connectivity index (χ2n) is 6.18. The molecule has 0 radical (unpaired) electrons. The molecule has 5 heteroatoms. The monoisotopic (exact) mass is 311 g/mol. The highest BCUT2D eigenvalue weighted by Crippen LogP contribution is 2.20. The fourth-order valence-electron chi connectivity index (χ4n) is 3.36. The van der Waals surface area contributed by atoms with Crippen molar-refractivity contribution in [3.05, 3.63) is 36.4 Å². The Morgan fingerprint density at radius 2 is 1.91 bits per heavy atom. The third-order valence-corrected chi connectivity index (χ3v) is 4.70. The van der Waals surface area contributed by atoms with Crippen LogP contribution in [0.15, 0.2) is 36.4 Å². The van der Waals surface area contributed by atoms with E-state index in [9.17, 15) is 4.79 Å². The molecule has 3 heterocycles. The molecule has 23 heavy (non-hydrogen) atoms. The number of fused-ring (bicyclic) bond motifs is 1. The van der Waals surface area contributed by atoms with Crippen LogP contribution in [0.4, 0.5) is 5.82 Å². The predicted octanol–water partition coefficient (Wildman–Crippen LogP) is 2.06. The Bertz CT molecular complexity index is 704. The molecule has 0 spiro atoms. The zero-order chi connectivity index (χ0) is 15.6. The van der Waals surface area contributed by atoms with Gasteiger partial charge in [-0.15, -0.1) is 0 Å². The van der Waals surface area contributed by atoms with Crippen LogP contribution >= 0.6 is 0 Å². The summed E-state index contributed by atoms with van der Waals surface area (Å²) in [5.41, 5.74) is 1.02. The molecule has 2 aliphatic heterocycles. The molecule has 1 aromatic carbocycles. The zero-order valence-electron chi connectivity index (χ0n) is 13.1. The number of para-hydroxylation sites is 1. The summed E-state index contributed by atoms with van der Waals surface area (Å²) in [6, 6.07) is 12.3. The molecule has 1 unspecified atom stereocenters. The van der Waals surface area contributed by atoms with E-state index < -0.39 is 0 Å². The van der Waals surface area contributed by atoms with Crippen molar-refractivity contribution in [1.82, 2.24) is 9.88 Å². The lowest BCUT2D eigenvalue weighted by molar-refractivity contribution is -0.141. The highest BCUT2D eigenvalue weighted by molar-refractivity contribution is 5.82. The fraction of sp³-hybridized carbons (Fsp3) is 0.444. The number of ether oxygens (including phenoxy) is 1. The van der Waals surface area contributed by atoms with E-state index in [1.165, 1.54) is 0 Å². The molecule has 5 nitrogen and oxygen atoms in total. The smallest absolute Gasteiger partial charge is 0.251 e. The standard InChI is InChI=1S/C18H21N3O2/c22-18(16-6-3-13-23-16)21-11-9-20(10-12-21)17-8-7-14-4-1-2-5-15(14)19-17/h1-2,4-5,7-8,16H,3,6,9-13H2. The van der Waals surface area contributed by atoms with E-state index >= 15 is 0 Å². The molecule has 0 bridgehead atoms. The summed E-state index contributed by atoms with van der Waals surface area (Å²) in [6.45, 7) is 3.85. The van der Waals surface area contributed by atoms with Crippen LogP contribution in [-0.4, -0.2) is 54.7 Å². The number of benzene rings is 1. The van der Waals surface area contributed by atoms with Gasteiger partial charge in [0.1, 0.15) is 11.9 Å². The van der Waals surface area contributed by atoms with Crippen LogP contribution < -0.4 is 4.90 Å². The third kappa shape index (κ3) is 2.88. The van der Waals surface area contributed by atoms with Gasteiger partial charge in [0.05, 0.1) is 5.52 Å². The number of piperazine rings is 1. The Kier molecular flexibility index (Phi) is 3.87. The summed E-state index contributed by atoms with van der Waals surface area (Å²) in [5, 5.41) is 1.16. The SMILES string of the molecule is O=C(C1CCCO1)N1CCN(c2ccc3ccccc3n2)CC1. The minimum atomic E-state index is -0.208. The van der Waals surface area contributed by atoms with Gasteiger partial charge in [0.25, 0.3) is 5.91 Å². The van der Waals surface area contributed by atoms with Crippen LogP contribution in [0.5, 0.6) is 0 Å². The maximum atomic E-state index is 12.4. The van der Waals surface area contributed by atoms with Gasteiger partial charge in [0, 0.05) is 38.2 Å². The summed E-state index contributed by atoms with van der Waals surface area (Å²) < 4.78 is 5.51. The molecule has 0 aliphatic carbocycles. The first-order valence-corrected chi connectivity index (χ1v) is 8.32. The van der Waals surface area contributed by atoms with Crippen molar-refractivity contribution < 1.29 is 9.53 Å². The maximum absolute atomic E-state index is 12.4. The Morgan fingerprint density at radius 1 is 1.09 bits per heavy atom. The predicted molar refractivity (Wildman–Crippen MR) is 89.5 cm³/mol. The minimum absolute atomic E-state index is 0.161. The molecule has 2 saturated heterocycles. The lowest BCUT2D eigenvalue weighted by atomic mass is 10.2. The largest absolute Gasteiger partial charge is 0.368 e. The number of carbonyl (C=O) groups is 1. The number of amides is 1. The maximum Gasteiger partial charge on any atom is 0.251 e. The highest BCUT2D eigenvalue weighted by atomic mass is 16.5. The summed E-state index contributed by atoms with van der Waals surface area (Å²) in [5.74, 6) is 1.15. The topological polar surface area (TPSA) is 45.7 Å². The average Bonchev–Trinajstić information content (AvgIpc) is 3.15. The van der Waals surface area contributed by atoms with Crippen molar-refractivity contribution in [2.24, 2.45) is 0 Å². The van der Waals surface area contributed by atoms with Gasteiger partial charge in [-0.1, -0.05) is 18.2 Å². The average molecular weight is 311 g/mol. The van der Waals surface area contributed by atoms with E-state index in [1.54, 1.807) is 0 Å². The van der Waals surface area contributed by atoms with E-state index in [0.29, 0.717) is 0 Å². The minimum Gasteiger partial charge on any atom is -0.368 e. The molecule has 1 amide bonds. The first-order chi connectivity index (χ1) is 11.3. The quantitative estimate of drug-likeness (QED) is 0.852. The number of hydrogen-bond acceptors (Lipinski definition) is 4. The molecular weight excluding hydrogens is 290 g/mol. The van der Waals surface area contributed by atoms with E-state index in [1.807, 2.05) is 23.1 Å². The Balaban J connectivity index is 1.43. The highest BCUT2D eigenvalue weighted by Gasteiger charge is 2.30. The molecule has 2 fully saturated rings. The number of carbonyl (C=O) groups excluding carboxylic acids is 1. The van der Waals surface area contributed by atoms with E-state index in [0.717, 1.165) is 62.3 Å². The van der Waals surface area contributed by atoms with Gasteiger partial charge >= 0.3 is 0 Å².